The number of hydrogen-bond acceptors (Lipinski definition) is 4. The predicted molar refractivity (Wildman–Crippen MR) is 62.5 cm³/mol. The third-order valence-corrected chi connectivity index (χ3v) is 2.42. The summed E-state index contributed by atoms with van der Waals surface area (Å²) < 4.78 is 1.63. The highest BCUT2D eigenvalue weighted by molar-refractivity contribution is 5.27. The van der Waals surface area contributed by atoms with Gasteiger partial charge in [-0.1, -0.05) is 17.3 Å². The van der Waals surface area contributed by atoms with E-state index in [9.17, 15) is 10.2 Å². The van der Waals surface area contributed by atoms with Crippen LogP contribution in [0.1, 0.15) is 25.1 Å². The minimum atomic E-state index is -0.989. The second-order valence-corrected chi connectivity index (χ2v) is 4.53. The summed E-state index contributed by atoms with van der Waals surface area (Å²) in [5.74, 6) is 0.227. The lowest BCUT2D eigenvalue weighted by atomic mass is 10.1. The fourth-order valence-electron chi connectivity index (χ4n) is 1.50. The molecule has 0 unspecified atom stereocenters. The van der Waals surface area contributed by atoms with E-state index in [1.54, 1.807) is 42.9 Å². The number of phenols is 1. The Bertz CT molecular complexity index is 514. The van der Waals surface area contributed by atoms with Crippen LogP contribution in [0.3, 0.4) is 0 Å². The maximum atomic E-state index is 9.76. The van der Waals surface area contributed by atoms with Crippen molar-refractivity contribution in [1.82, 2.24) is 15.0 Å². The Morgan fingerprint density at radius 3 is 2.71 bits per heavy atom. The maximum Gasteiger partial charge on any atom is 0.115 e. The molecule has 5 heteroatoms. The average Bonchev–Trinajstić information content (AvgIpc) is 2.65. The fourth-order valence-corrected chi connectivity index (χ4v) is 1.50. The number of aromatic hydroxyl groups is 1. The van der Waals surface area contributed by atoms with Crippen molar-refractivity contribution in [1.29, 1.82) is 0 Å². The van der Waals surface area contributed by atoms with Crippen molar-refractivity contribution < 1.29 is 10.2 Å². The van der Waals surface area contributed by atoms with Gasteiger partial charge < -0.3 is 10.2 Å². The summed E-state index contributed by atoms with van der Waals surface area (Å²) in [5, 5.41) is 26.9. The molecule has 90 valence electrons. The monoisotopic (exact) mass is 233 g/mol. The van der Waals surface area contributed by atoms with Gasteiger partial charge in [-0.2, -0.15) is 0 Å². The highest BCUT2D eigenvalue weighted by Gasteiger charge is 2.19. The van der Waals surface area contributed by atoms with Crippen LogP contribution >= 0.6 is 0 Å². The lowest BCUT2D eigenvalue weighted by Gasteiger charge is -2.11. The summed E-state index contributed by atoms with van der Waals surface area (Å²) in [5.41, 5.74) is 0.465. The third-order valence-electron chi connectivity index (χ3n) is 2.42. The molecule has 5 nitrogen and oxygen atoms in total. The smallest absolute Gasteiger partial charge is 0.115 e. The van der Waals surface area contributed by atoms with Gasteiger partial charge in [0.25, 0.3) is 0 Å². The summed E-state index contributed by atoms with van der Waals surface area (Å²) >= 11 is 0. The van der Waals surface area contributed by atoms with Crippen LogP contribution in [0.2, 0.25) is 0 Å². The Balaban J connectivity index is 2.17. The number of nitrogens with zero attached hydrogens (tertiary/aromatic N) is 3. The first-order valence-electron chi connectivity index (χ1n) is 5.36. The molecule has 1 aromatic carbocycles. The van der Waals surface area contributed by atoms with E-state index in [1.165, 1.54) is 0 Å². The Labute approximate surface area is 99.3 Å². The van der Waals surface area contributed by atoms with Gasteiger partial charge in [-0.25, -0.2) is 4.68 Å². The van der Waals surface area contributed by atoms with Crippen LogP contribution in [-0.4, -0.2) is 25.2 Å². The lowest BCUT2D eigenvalue weighted by Crippen LogP contribution is -2.15. The number of phenolic OH excluding ortho intramolecular Hbond substituents is 1. The second kappa shape index (κ2) is 4.18. The van der Waals surface area contributed by atoms with Gasteiger partial charge in [0.15, 0.2) is 0 Å². The van der Waals surface area contributed by atoms with Gasteiger partial charge in [-0.05, 0) is 31.5 Å². The first-order chi connectivity index (χ1) is 7.95. The summed E-state index contributed by atoms with van der Waals surface area (Å²) in [4.78, 5) is 0. The van der Waals surface area contributed by atoms with Crippen molar-refractivity contribution in [3.63, 3.8) is 0 Å². The molecule has 2 N–H and O–H groups in total. The molecule has 17 heavy (non-hydrogen) atoms. The molecule has 0 saturated carbocycles. The molecule has 1 aromatic heterocycles. The minimum absolute atomic E-state index is 0.227. The molecule has 0 aliphatic carbocycles. The Morgan fingerprint density at radius 1 is 1.35 bits per heavy atom. The largest absolute Gasteiger partial charge is 0.508 e. The van der Waals surface area contributed by atoms with Crippen molar-refractivity contribution in [2.24, 2.45) is 0 Å². The minimum Gasteiger partial charge on any atom is -0.508 e. The third kappa shape index (κ3) is 2.82. The Morgan fingerprint density at radius 2 is 2.12 bits per heavy atom. The van der Waals surface area contributed by atoms with Gasteiger partial charge in [0.2, 0.25) is 0 Å². The number of rotatable bonds is 3. The topological polar surface area (TPSA) is 71.2 Å². The predicted octanol–water partition coefficient (Wildman–Crippen LogP) is 1.26. The molecule has 0 fully saturated rings. The second-order valence-electron chi connectivity index (χ2n) is 4.53. The van der Waals surface area contributed by atoms with E-state index in [4.69, 9.17) is 0 Å². The summed E-state index contributed by atoms with van der Waals surface area (Å²) in [6.45, 7) is 3.84. The van der Waals surface area contributed by atoms with Crippen LogP contribution in [0.5, 0.6) is 5.75 Å². The van der Waals surface area contributed by atoms with Crippen LogP contribution in [0.15, 0.2) is 30.5 Å². The Kier molecular flexibility index (Phi) is 2.85. The Hall–Kier alpha value is -1.88. The quantitative estimate of drug-likeness (QED) is 0.837. The highest BCUT2D eigenvalue weighted by Crippen LogP contribution is 2.17. The maximum absolute atomic E-state index is 9.76. The number of benzene rings is 1. The van der Waals surface area contributed by atoms with Crippen molar-refractivity contribution in [3.8, 4) is 5.75 Å². The molecule has 0 aliphatic heterocycles. The van der Waals surface area contributed by atoms with E-state index >= 15 is 0 Å². The van der Waals surface area contributed by atoms with E-state index in [1.807, 2.05) is 6.07 Å². The molecule has 0 aliphatic rings. The molecule has 0 amide bonds. The lowest BCUT2D eigenvalue weighted by molar-refractivity contribution is 0.0737. The molecule has 2 aromatic rings. The number of hydrogen-bond donors (Lipinski definition) is 2. The van der Waals surface area contributed by atoms with Crippen LogP contribution in [0.4, 0.5) is 0 Å². The van der Waals surface area contributed by atoms with Gasteiger partial charge >= 0.3 is 0 Å². The van der Waals surface area contributed by atoms with Crippen LogP contribution in [-0.2, 0) is 12.1 Å². The van der Waals surface area contributed by atoms with Gasteiger partial charge in [0.1, 0.15) is 17.0 Å². The molecule has 0 bridgehead atoms. The van der Waals surface area contributed by atoms with Crippen molar-refractivity contribution in [2.45, 2.75) is 26.0 Å². The fraction of sp³-hybridized carbons (Fsp3) is 0.333. The van der Waals surface area contributed by atoms with Crippen LogP contribution in [0.25, 0.3) is 0 Å². The zero-order valence-electron chi connectivity index (χ0n) is 9.83. The van der Waals surface area contributed by atoms with E-state index in [2.05, 4.69) is 10.3 Å². The van der Waals surface area contributed by atoms with E-state index < -0.39 is 5.60 Å². The summed E-state index contributed by atoms with van der Waals surface area (Å²) in [6, 6.07) is 6.96. The van der Waals surface area contributed by atoms with Crippen molar-refractivity contribution in [3.05, 3.63) is 41.7 Å². The zero-order valence-corrected chi connectivity index (χ0v) is 9.83. The van der Waals surface area contributed by atoms with E-state index in [-0.39, 0.29) is 5.75 Å². The van der Waals surface area contributed by atoms with Gasteiger partial charge in [-0.15, -0.1) is 5.10 Å². The first kappa shape index (κ1) is 11.6. The summed E-state index contributed by atoms with van der Waals surface area (Å²) in [7, 11) is 0. The highest BCUT2D eigenvalue weighted by atomic mass is 16.3. The normalized spacial score (nSPS) is 11.7. The van der Waals surface area contributed by atoms with Gasteiger partial charge in [0.05, 0.1) is 12.7 Å². The SMILES string of the molecule is CC(C)(O)c1cn(Cc2cccc(O)c2)nn1. The van der Waals surface area contributed by atoms with Gasteiger partial charge in [0, 0.05) is 0 Å². The van der Waals surface area contributed by atoms with E-state index in [0.717, 1.165) is 5.56 Å². The summed E-state index contributed by atoms with van der Waals surface area (Å²) in [6.07, 6.45) is 1.70. The molecule has 0 atom stereocenters. The van der Waals surface area contributed by atoms with E-state index in [0.29, 0.717) is 12.2 Å². The van der Waals surface area contributed by atoms with Crippen LogP contribution < -0.4 is 0 Å². The molecular formula is C12H15N3O2. The molecular weight excluding hydrogens is 218 g/mol. The number of aliphatic hydroxyl groups is 1. The zero-order chi connectivity index (χ0) is 12.5. The first-order valence-corrected chi connectivity index (χ1v) is 5.36. The molecule has 0 radical (unpaired) electrons. The standard InChI is InChI=1S/C12H15N3O2/c1-12(2,17)11-8-15(14-13-11)7-9-4-3-5-10(16)6-9/h3-6,8,16-17H,7H2,1-2H3. The molecule has 0 saturated heterocycles. The van der Waals surface area contributed by atoms with Gasteiger partial charge in [-0.3, -0.25) is 0 Å². The molecule has 2 rings (SSSR count). The molecule has 0 spiro atoms. The molecule has 1 heterocycles. The van der Waals surface area contributed by atoms with Crippen LogP contribution in [0, 0.1) is 0 Å². The number of aromatic nitrogens is 3. The van der Waals surface area contributed by atoms with Crippen molar-refractivity contribution in [2.75, 3.05) is 0 Å². The average molecular weight is 233 g/mol. The van der Waals surface area contributed by atoms with Crippen molar-refractivity contribution >= 4 is 0 Å².